The van der Waals surface area contributed by atoms with Gasteiger partial charge < -0.3 is 0 Å². The van der Waals surface area contributed by atoms with Crippen LogP contribution in [0.1, 0.15) is 11.1 Å². The van der Waals surface area contributed by atoms with Crippen LogP contribution >= 0.6 is 0 Å². The number of aromatic nitrogens is 4. The summed E-state index contributed by atoms with van der Waals surface area (Å²) in [5.41, 5.74) is 1.48. The van der Waals surface area contributed by atoms with Crippen LogP contribution in [0.3, 0.4) is 0 Å². The molecule has 27 heavy (non-hydrogen) atoms. The molecule has 0 aliphatic rings. The van der Waals surface area contributed by atoms with Gasteiger partial charge in [-0.1, -0.05) is 0 Å². The van der Waals surface area contributed by atoms with Gasteiger partial charge in [0.1, 0.15) is 0 Å². The number of benzene rings is 2. The van der Waals surface area contributed by atoms with E-state index in [4.69, 9.17) is 0 Å². The molecule has 0 saturated heterocycles. The molecule has 136 valence electrons. The van der Waals surface area contributed by atoms with E-state index in [-0.39, 0.29) is 37.8 Å². The van der Waals surface area contributed by atoms with Gasteiger partial charge in [0.05, 0.1) is 0 Å². The van der Waals surface area contributed by atoms with Crippen LogP contribution in [0.4, 0.5) is 8.78 Å². The summed E-state index contributed by atoms with van der Waals surface area (Å²) in [6.45, 7) is 0. The van der Waals surface area contributed by atoms with E-state index < -0.39 is 6.08 Å². The summed E-state index contributed by atoms with van der Waals surface area (Å²) < 4.78 is 30.8. The van der Waals surface area contributed by atoms with E-state index in [0.717, 1.165) is 0 Å². The fourth-order valence-corrected chi connectivity index (χ4v) is 2.64. The molecule has 0 atom stereocenters. The van der Waals surface area contributed by atoms with Gasteiger partial charge in [-0.2, -0.15) is 19.0 Å². The molecule has 4 aromatic rings. The zero-order valence-corrected chi connectivity index (χ0v) is 16.1. The first-order valence-corrected chi connectivity index (χ1v) is 7.83. The summed E-state index contributed by atoms with van der Waals surface area (Å²) in [4.78, 5) is 0. The van der Waals surface area contributed by atoms with Crippen molar-refractivity contribution in [3.05, 3.63) is 103 Å². The molecule has 2 aromatic heterocycles. The molecule has 0 amide bonds. The van der Waals surface area contributed by atoms with Crippen LogP contribution in [0, 0.1) is 12.1 Å². The van der Waals surface area contributed by atoms with Crippen LogP contribution in [0.25, 0.3) is 16.9 Å². The third-order valence-electron chi connectivity index (χ3n) is 3.79. The Morgan fingerprint density at radius 2 is 1.22 bits per heavy atom. The zero-order chi connectivity index (χ0) is 17.9. The minimum Gasteiger partial charge on any atom is -0.260 e. The first kappa shape index (κ1) is 18.9. The molecule has 0 aliphatic heterocycles. The van der Waals surface area contributed by atoms with E-state index in [1.165, 1.54) is 0 Å². The molecular formula is C20H12F2N4Pt. The van der Waals surface area contributed by atoms with Gasteiger partial charge in [0.15, 0.2) is 0 Å². The number of hydrogen-bond donors (Lipinski definition) is 0. The predicted octanol–water partition coefficient (Wildman–Crippen LogP) is 4.31. The fraction of sp³-hybridized carbons (Fsp3) is 0. The quantitative estimate of drug-likeness (QED) is 0.361. The molecule has 7 heteroatoms. The molecule has 4 nitrogen and oxygen atoms in total. The molecule has 2 aromatic carbocycles. The van der Waals surface area contributed by atoms with Crippen LogP contribution in [-0.2, 0) is 21.1 Å². The normalized spacial score (nSPS) is 10.3. The SMILES string of the molecule is FC(F)=C(c1[c-]c(-n2cccn2)ccc1)c1[c-]c(-n2cccn2)ccc1.[Pt+2]. The Bertz CT molecular complexity index is 974. The molecule has 0 saturated carbocycles. The standard InChI is InChI=1S/C20H12F2N4.Pt/c21-20(22)19(15-5-1-7-17(13-15)25-11-3-9-23-25)16-6-2-8-18(14-16)26-12-4-10-24-26;/h1-12H;/q-2;+2. The number of rotatable bonds is 4. The van der Waals surface area contributed by atoms with Gasteiger partial charge in [0.2, 0.25) is 6.08 Å². The largest absolute Gasteiger partial charge is 2.00 e. The Kier molecular flexibility index (Phi) is 5.77. The van der Waals surface area contributed by atoms with Crippen LogP contribution in [-0.4, -0.2) is 19.6 Å². The molecular weight excluding hydrogens is 529 g/mol. The second-order valence-electron chi connectivity index (χ2n) is 5.44. The van der Waals surface area contributed by atoms with Gasteiger partial charge in [-0.3, -0.25) is 9.36 Å². The minimum atomic E-state index is -1.80. The maximum Gasteiger partial charge on any atom is 2.00 e. The second-order valence-corrected chi connectivity index (χ2v) is 5.44. The molecule has 0 fully saturated rings. The third kappa shape index (κ3) is 3.96. The predicted molar refractivity (Wildman–Crippen MR) is 93.0 cm³/mol. The van der Waals surface area contributed by atoms with E-state index in [0.29, 0.717) is 11.4 Å². The monoisotopic (exact) mass is 541 g/mol. The summed E-state index contributed by atoms with van der Waals surface area (Å²) in [5, 5.41) is 8.23. The average Bonchev–Trinajstić information content (AvgIpc) is 3.36. The second kappa shape index (κ2) is 8.23. The maximum absolute atomic E-state index is 13.8. The van der Waals surface area contributed by atoms with Gasteiger partial charge in [-0.25, -0.2) is 0 Å². The number of halogens is 2. The summed E-state index contributed by atoms with van der Waals surface area (Å²) in [7, 11) is 0. The van der Waals surface area contributed by atoms with Gasteiger partial charge in [0, 0.05) is 24.8 Å². The Labute approximate surface area is 169 Å². The van der Waals surface area contributed by atoms with E-state index >= 15 is 0 Å². The van der Waals surface area contributed by atoms with E-state index in [1.54, 1.807) is 82.7 Å². The van der Waals surface area contributed by atoms with Crippen LogP contribution < -0.4 is 0 Å². The van der Waals surface area contributed by atoms with Crippen molar-refractivity contribution in [3.63, 3.8) is 0 Å². The van der Waals surface area contributed by atoms with Gasteiger partial charge in [-0.15, -0.1) is 59.7 Å². The Balaban J connectivity index is 0.00000210. The van der Waals surface area contributed by atoms with Crippen molar-refractivity contribution in [2.24, 2.45) is 0 Å². The topological polar surface area (TPSA) is 35.6 Å². The fourth-order valence-electron chi connectivity index (χ4n) is 2.64. The first-order valence-electron chi connectivity index (χ1n) is 7.83. The van der Waals surface area contributed by atoms with Crippen molar-refractivity contribution in [2.45, 2.75) is 0 Å². The van der Waals surface area contributed by atoms with Crippen LogP contribution in [0.15, 0.2) is 79.4 Å². The maximum atomic E-state index is 13.8. The Morgan fingerprint density at radius 3 is 1.59 bits per heavy atom. The third-order valence-corrected chi connectivity index (χ3v) is 3.79. The van der Waals surface area contributed by atoms with Gasteiger partial charge >= 0.3 is 21.1 Å². The zero-order valence-electron chi connectivity index (χ0n) is 13.8. The molecule has 4 rings (SSSR count). The van der Waals surface area contributed by atoms with Gasteiger partial charge in [-0.05, 0) is 29.1 Å². The molecule has 0 bridgehead atoms. The van der Waals surface area contributed by atoms with E-state index in [9.17, 15) is 8.78 Å². The molecule has 0 spiro atoms. The summed E-state index contributed by atoms with van der Waals surface area (Å²) in [6.07, 6.45) is 4.90. The van der Waals surface area contributed by atoms with Crippen molar-refractivity contribution in [2.75, 3.05) is 0 Å². The van der Waals surface area contributed by atoms with Gasteiger partial charge in [0.25, 0.3) is 0 Å². The van der Waals surface area contributed by atoms with E-state index in [1.807, 2.05) is 0 Å². The smallest absolute Gasteiger partial charge is 0.260 e. The molecule has 0 N–H and O–H groups in total. The molecule has 0 unspecified atom stereocenters. The number of nitrogens with zero attached hydrogens (tertiary/aromatic N) is 4. The average molecular weight is 541 g/mol. The van der Waals surface area contributed by atoms with Crippen LogP contribution in [0.2, 0.25) is 0 Å². The minimum absolute atomic E-state index is 0. The Morgan fingerprint density at radius 1 is 0.741 bits per heavy atom. The molecule has 0 aliphatic carbocycles. The molecule has 2 heterocycles. The van der Waals surface area contributed by atoms with E-state index in [2.05, 4.69) is 22.3 Å². The molecule has 0 radical (unpaired) electrons. The summed E-state index contributed by atoms with van der Waals surface area (Å²) in [5.74, 6) is 0. The summed E-state index contributed by atoms with van der Waals surface area (Å²) in [6, 6.07) is 19.6. The number of hydrogen-bond acceptors (Lipinski definition) is 2. The Hall–Kier alpha value is -2.85. The van der Waals surface area contributed by atoms with Crippen molar-refractivity contribution in [1.29, 1.82) is 0 Å². The van der Waals surface area contributed by atoms with Crippen molar-refractivity contribution in [3.8, 4) is 11.4 Å². The van der Waals surface area contributed by atoms with Crippen molar-refractivity contribution >= 4 is 5.57 Å². The summed E-state index contributed by atoms with van der Waals surface area (Å²) >= 11 is 0. The van der Waals surface area contributed by atoms with Crippen LogP contribution in [0.5, 0.6) is 0 Å². The van der Waals surface area contributed by atoms with Crippen molar-refractivity contribution in [1.82, 2.24) is 19.6 Å². The first-order chi connectivity index (χ1) is 12.7. The van der Waals surface area contributed by atoms with Crippen molar-refractivity contribution < 1.29 is 29.8 Å².